The van der Waals surface area contributed by atoms with Crippen LogP contribution in [-0.2, 0) is 4.79 Å². The van der Waals surface area contributed by atoms with E-state index >= 15 is 0 Å². The zero-order valence-corrected chi connectivity index (χ0v) is 12.4. The first-order valence-electron chi connectivity index (χ1n) is 6.83. The summed E-state index contributed by atoms with van der Waals surface area (Å²) < 4.78 is 13.5. The molecule has 2 aromatic carbocycles. The Morgan fingerprint density at radius 2 is 2.00 bits per heavy atom. The van der Waals surface area contributed by atoms with Gasteiger partial charge in [-0.05, 0) is 49.7 Å². The van der Waals surface area contributed by atoms with E-state index in [9.17, 15) is 9.18 Å². The van der Waals surface area contributed by atoms with Crippen molar-refractivity contribution in [3.63, 3.8) is 0 Å². The molecule has 0 fully saturated rings. The predicted octanol–water partition coefficient (Wildman–Crippen LogP) is 3.44. The molecule has 2 N–H and O–H groups in total. The van der Waals surface area contributed by atoms with Gasteiger partial charge in [-0.3, -0.25) is 4.79 Å². The number of hydrogen-bond acceptors (Lipinski definition) is 3. The van der Waals surface area contributed by atoms with Crippen molar-refractivity contribution in [1.29, 1.82) is 5.26 Å². The molecule has 1 amide bonds. The van der Waals surface area contributed by atoms with E-state index in [0.717, 1.165) is 0 Å². The molecule has 5 heteroatoms. The second kappa shape index (κ2) is 6.72. The Bertz CT molecular complexity index is 737. The minimum absolute atomic E-state index is 0.268. The lowest BCUT2D eigenvalue weighted by Gasteiger charge is -2.15. The summed E-state index contributed by atoms with van der Waals surface area (Å²) in [5.74, 6) is -0.588. The van der Waals surface area contributed by atoms with E-state index in [1.807, 2.05) is 6.07 Å². The highest BCUT2D eigenvalue weighted by molar-refractivity contribution is 5.96. The van der Waals surface area contributed by atoms with Gasteiger partial charge in [0.25, 0.3) is 0 Å². The summed E-state index contributed by atoms with van der Waals surface area (Å²) in [5, 5.41) is 14.5. The number of amides is 1. The van der Waals surface area contributed by atoms with Crippen molar-refractivity contribution in [3.05, 3.63) is 59.4 Å². The molecule has 0 aromatic heterocycles. The number of nitrogens with one attached hydrogen (secondary N) is 2. The number of nitrogens with zero attached hydrogens (tertiary/aromatic N) is 1. The van der Waals surface area contributed by atoms with Gasteiger partial charge in [0.1, 0.15) is 11.9 Å². The number of halogens is 1. The molecule has 0 saturated carbocycles. The van der Waals surface area contributed by atoms with E-state index in [-0.39, 0.29) is 11.7 Å². The van der Waals surface area contributed by atoms with E-state index < -0.39 is 6.04 Å². The number of carbonyl (C=O) groups excluding carboxylic acids is 1. The van der Waals surface area contributed by atoms with Crippen LogP contribution in [0.25, 0.3) is 0 Å². The summed E-state index contributed by atoms with van der Waals surface area (Å²) in [5.41, 5.74) is 2.11. The molecule has 2 rings (SSSR count). The van der Waals surface area contributed by atoms with E-state index in [1.54, 1.807) is 50.2 Å². The molecule has 0 saturated heterocycles. The van der Waals surface area contributed by atoms with Crippen LogP contribution in [0, 0.1) is 24.1 Å². The highest BCUT2D eigenvalue weighted by atomic mass is 19.1. The van der Waals surface area contributed by atoms with Crippen LogP contribution >= 0.6 is 0 Å². The van der Waals surface area contributed by atoms with E-state index in [2.05, 4.69) is 10.6 Å². The van der Waals surface area contributed by atoms with Gasteiger partial charge >= 0.3 is 0 Å². The lowest BCUT2D eigenvalue weighted by Crippen LogP contribution is -2.31. The van der Waals surface area contributed by atoms with Gasteiger partial charge in [0, 0.05) is 11.4 Å². The lowest BCUT2D eigenvalue weighted by molar-refractivity contribution is -0.116. The van der Waals surface area contributed by atoms with Crippen molar-refractivity contribution in [1.82, 2.24) is 0 Å². The number of benzene rings is 2. The fourth-order valence-corrected chi connectivity index (χ4v) is 1.92. The molecular weight excluding hydrogens is 281 g/mol. The Morgan fingerprint density at radius 1 is 1.23 bits per heavy atom. The summed E-state index contributed by atoms with van der Waals surface area (Å²) in [6.07, 6.45) is 0. The zero-order valence-electron chi connectivity index (χ0n) is 12.4. The molecule has 22 heavy (non-hydrogen) atoms. The summed E-state index contributed by atoms with van der Waals surface area (Å²) >= 11 is 0. The van der Waals surface area contributed by atoms with Crippen LogP contribution < -0.4 is 10.6 Å². The number of nitriles is 1. The molecule has 0 heterocycles. The van der Waals surface area contributed by atoms with Crippen molar-refractivity contribution in [2.24, 2.45) is 0 Å². The van der Waals surface area contributed by atoms with Gasteiger partial charge in [0.15, 0.2) is 0 Å². The van der Waals surface area contributed by atoms with Crippen molar-refractivity contribution in [2.75, 3.05) is 10.6 Å². The first-order valence-corrected chi connectivity index (χ1v) is 6.83. The quantitative estimate of drug-likeness (QED) is 0.908. The Labute approximate surface area is 128 Å². The van der Waals surface area contributed by atoms with Crippen LogP contribution in [0.5, 0.6) is 0 Å². The monoisotopic (exact) mass is 297 g/mol. The van der Waals surface area contributed by atoms with Gasteiger partial charge < -0.3 is 10.6 Å². The molecule has 0 radical (unpaired) electrons. The maximum Gasteiger partial charge on any atom is 0.246 e. The van der Waals surface area contributed by atoms with Gasteiger partial charge in [-0.25, -0.2) is 4.39 Å². The minimum Gasteiger partial charge on any atom is -0.374 e. The number of aryl methyl sites for hydroxylation is 1. The Hall–Kier alpha value is -2.87. The smallest absolute Gasteiger partial charge is 0.246 e. The van der Waals surface area contributed by atoms with Gasteiger partial charge in [0.05, 0.1) is 11.6 Å². The second-order valence-corrected chi connectivity index (χ2v) is 5.01. The Kier molecular flexibility index (Phi) is 4.74. The molecule has 4 nitrogen and oxygen atoms in total. The van der Waals surface area contributed by atoms with Crippen LogP contribution in [-0.4, -0.2) is 11.9 Å². The number of carbonyl (C=O) groups is 1. The van der Waals surface area contributed by atoms with Crippen LogP contribution in [0.1, 0.15) is 18.1 Å². The van der Waals surface area contributed by atoms with Crippen molar-refractivity contribution in [3.8, 4) is 6.07 Å². The molecule has 0 bridgehead atoms. The molecular formula is C17H16FN3O. The molecule has 0 aliphatic carbocycles. The fraction of sp³-hybridized carbons (Fsp3) is 0.176. The van der Waals surface area contributed by atoms with Crippen LogP contribution in [0.4, 0.5) is 15.8 Å². The topological polar surface area (TPSA) is 64.9 Å². The van der Waals surface area contributed by atoms with Gasteiger partial charge in [0.2, 0.25) is 5.91 Å². The third-order valence-electron chi connectivity index (χ3n) is 3.21. The van der Waals surface area contributed by atoms with E-state index in [0.29, 0.717) is 22.5 Å². The summed E-state index contributed by atoms with van der Waals surface area (Å²) in [4.78, 5) is 12.1. The van der Waals surface area contributed by atoms with E-state index in [1.165, 1.54) is 6.07 Å². The molecule has 112 valence electrons. The van der Waals surface area contributed by atoms with Crippen LogP contribution in [0.3, 0.4) is 0 Å². The Balaban J connectivity index is 2.02. The maximum absolute atomic E-state index is 13.5. The van der Waals surface area contributed by atoms with Gasteiger partial charge in [-0.2, -0.15) is 5.26 Å². The first-order chi connectivity index (χ1) is 10.5. The largest absolute Gasteiger partial charge is 0.374 e. The molecule has 2 aromatic rings. The highest BCUT2D eigenvalue weighted by Crippen LogP contribution is 2.15. The fourth-order valence-electron chi connectivity index (χ4n) is 1.92. The molecule has 1 atom stereocenters. The van der Waals surface area contributed by atoms with Gasteiger partial charge in [-0.15, -0.1) is 0 Å². The molecule has 0 aliphatic rings. The average molecular weight is 297 g/mol. The number of anilines is 2. The minimum atomic E-state index is -0.548. The number of hydrogen-bond donors (Lipinski definition) is 2. The summed E-state index contributed by atoms with van der Waals surface area (Å²) in [7, 11) is 0. The Morgan fingerprint density at radius 3 is 2.68 bits per heavy atom. The SMILES string of the molecule is Cc1ccc(N[C@@H](C)C(=O)Nc2cccc(C#N)c2)cc1F. The first kappa shape index (κ1) is 15.5. The van der Waals surface area contributed by atoms with Crippen LogP contribution in [0.2, 0.25) is 0 Å². The van der Waals surface area contributed by atoms with Crippen LogP contribution in [0.15, 0.2) is 42.5 Å². The third kappa shape index (κ3) is 3.83. The zero-order chi connectivity index (χ0) is 16.1. The highest BCUT2D eigenvalue weighted by Gasteiger charge is 2.13. The third-order valence-corrected chi connectivity index (χ3v) is 3.21. The maximum atomic E-state index is 13.5. The molecule has 0 unspecified atom stereocenters. The second-order valence-electron chi connectivity index (χ2n) is 5.01. The van der Waals surface area contributed by atoms with Crippen molar-refractivity contribution >= 4 is 17.3 Å². The molecule has 0 aliphatic heterocycles. The lowest BCUT2D eigenvalue weighted by atomic mass is 10.2. The predicted molar refractivity (Wildman–Crippen MR) is 84.0 cm³/mol. The van der Waals surface area contributed by atoms with Gasteiger partial charge in [-0.1, -0.05) is 12.1 Å². The van der Waals surface area contributed by atoms with Crippen molar-refractivity contribution < 1.29 is 9.18 Å². The standard InChI is InChI=1S/C17H16FN3O/c1-11-6-7-15(9-16(11)18)20-12(2)17(22)21-14-5-3-4-13(8-14)10-19/h3-9,12,20H,1-2H3,(H,21,22)/t12-/m0/s1. The number of rotatable bonds is 4. The average Bonchev–Trinajstić information content (AvgIpc) is 2.51. The normalized spacial score (nSPS) is 11.4. The van der Waals surface area contributed by atoms with E-state index in [4.69, 9.17) is 5.26 Å². The molecule has 0 spiro atoms. The summed E-state index contributed by atoms with van der Waals surface area (Å²) in [6, 6.07) is 12.8. The van der Waals surface area contributed by atoms with Crippen molar-refractivity contribution in [2.45, 2.75) is 19.9 Å². The summed E-state index contributed by atoms with van der Waals surface area (Å²) in [6.45, 7) is 3.36.